The van der Waals surface area contributed by atoms with Crippen LogP contribution in [0.5, 0.6) is 5.75 Å². The Bertz CT molecular complexity index is 1500. The van der Waals surface area contributed by atoms with Crippen molar-refractivity contribution in [1.82, 2.24) is 30.5 Å². The van der Waals surface area contributed by atoms with Crippen LogP contribution >= 0.6 is 0 Å². The fraction of sp³-hybridized carbons (Fsp3) is 0.484. The molecule has 1 fully saturated rings. The van der Waals surface area contributed by atoms with Crippen LogP contribution in [0.25, 0.3) is 11.0 Å². The number of rotatable bonds is 11. The van der Waals surface area contributed by atoms with E-state index in [9.17, 15) is 24.3 Å². The van der Waals surface area contributed by atoms with Crippen molar-refractivity contribution in [3.8, 4) is 5.75 Å². The number of carboxylic acids is 1. The first-order valence-corrected chi connectivity index (χ1v) is 14.5. The Labute approximate surface area is 255 Å². The van der Waals surface area contributed by atoms with Gasteiger partial charge in [0, 0.05) is 26.6 Å². The summed E-state index contributed by atoms with van der Waals surface area (Å²) in [6, 6.07) is 11.2. The minimum atomic E-state index is -1.19. The number of ether oxygens (including phenoxy) is 2. The van der Waals surface area contributed by atoms with E-state index in [1.54, 1.807) is 39.6 Å². The highest BCUT2D eigenvalue weighted by molar-refractivity contribution is 5.92. The molecule has 3 N–H and O–H groups in total. The summed E-state index contributed by atoms with van der Waals surface area (Å²) < 4.78 is 12.2. The summed E-state index contributed by atoms with van der Waals surface area (Å²) in [7, 11) is 3.39. The van der Waals surface area contributed by atoms with Crippen LogP contribution < -0.4 is 15.4 Å². The van der Waals surface area contributed by atoms with Crippen LogP contribution in [-0.4, -0.2) is 80.2 Å². The second-order valence-electron chi connectivity index (χ2n) is 12.0. The van der Waals surface area contributed by atoms with Crippen molar-refractivity contribution in [2.45, 2.75) is 70.7 Å². The SMILES string of the molecule is COc1ccc(C[C@@H]2C[C@@H](C(=O)NCc3ccc4c(c3)nnn4C)N(C(=O)C(CCC(=O)O)NC(=O)OC(C)(C)C)C2)cc1. The summed E-state index contributed by atoms with van der Waals surface area (Å²) in [5.41, 5.74) is 2.59. The smallest absolute Gasteiger partial charge is 0.408 e. The van der Waals surface area contributed by atoms with E-state index < -0.39 is 35.7 Å². The van der Waals surface area contributed by atoms with Crippen molar-refractivity contribution in [3.63, 3.8) is 0 Å². The third-order valence-electron chi connectivity index (χ3n) is 7.43. The molecule has 0 radical (unpaired) electrons. The number of hydrogen-bond acceptors (Lipinski definition) is 8. The number of aryl methyl sites for hydroxylation is 1. The Balaban J connectivity index is 1.53. The lowest BCUT2D eigenvalue weighted by atomic mass is 9.96. The molecule has 236 valence electrons. The van der Waals surface area contributed by atoms with Gasteiger partial charge >= 0.3 is 12.1 Å². The highest BCUT2D eigenvalue weighted by Crippen LogP contribution is 2.29. The zero-order valence-electron chi connectivity index (χ0n) is 25.7. The molecule has 13 nitrogen and oxygen atoms in total. The Morgan fingerprint density at radius 3 is 2.45 bits per heavy atom. The maximum atomic E-state index is 13.9. The first-order chi connectivity index (χ1) is 20.8. The van der Waals surface area contributed by atoms with Crippen LogP contribution in [0, 0.1) is 5.92 Å². The van der Waals surface area contributed by atoms with Gasteiger partial charge in [-0.3, -0.25) is 14.4 Å². The molecule has 0 spiro atoms. The lowest BCUT2D eigenvalue weighted by Crippen LogP contribution is -2.54. The molecule has 0 saturated carbocycles. The third-order valence-corrected chi connectivity index (χ3v) is 7.43. The monoisotopic (exact) mass is 608 g/mol. The zero-order valence-corrected chi connectivity index (χ0v) is 25.7. The van der Waals surface area contributed by atoms with E-state index in [2.05, 4.69) is 20.9 Å². The van der Waals surface area contributed by atoms with Gasteiger partial charge in [-0.05, 0) is 81.3 Å². The number of nitrogens with one attached hydrogen (secondary N) is 2. The second kappa shape index (κ2) is 13.7. The molecule has 44 heavy (non-hydrogen) atoms. The van der Waals surface area contributed by atoms with E-state index in [1.165, 1.54) is 4.90 Å². The van der Waals surface area contributed by atoms with Crippen molar-refractivity contribution in [1.29, 1.82) is 0 Å². The highest BCUT2D eigenvalue weighted by atomic mass is 16.6. The molecule has 4 rings (SSSR count). The van der Waals surface area contributed by atoms with Crippen LogP contribution in [0.4, 0.5) is 4.79 Å². The molecule has 0 aliphatic carbocycles. The number of alkyl carbamates (subject to hydrolysis) is 1. The number of amides is 3. The molecule has 3 aromatic rings. The maximum Gasteiger partial charge on any atom is 0.408 e. The third kappa shape index (κ3) is 8.45. The Hall–Kier alpha value is -4.68. The molecule has 1 aromatic heterocycles. The first kappa shape index (κ1) is 32.2. The number of fused-ring (bicyclic) bond motifs is 1. The van der Waals surface area contributed by atoms with E-state index in [4.69, 9.17) is 9.47 Å². The van der Waals surface area contributed by atoms with Gasteiger partial charge in [0.05, 0.1) is 12.6 Å². The number of carbonyl (C=O) groups excluding carboxylic acids is 3. The summed E-state index contributed by atoms with van der Waals surface area (Å²) in [4.78, 5) is 53.0. The average molecular weight is 609 g/mol. The summed E-state index contributed by atoms with van der Waals surface area (Å²) in [5, 5.41) is 22.9. The van der Waals surface area contributed by atoms with Gasteiger partial charge in [-0.2, -0.15) is 0 Å². The Kier molecular flexibility index (Phi) is 10.1. The van der Waals surface area contributed by atoms with E-state index in [-0.39, 0.29) is 37.8 Å². The number of methoxy groups -OCH3 is 1. The molecular weight excluding hydrogens is 568 g/mol. The predicted molar refractivity (Wildman–Crippen MR) is 161 cm³/mol. The molecule has 1 aliphatic heterocycles. The number of aliphatic carboxylic acids is 1. The molecular formula is C31H40N6O7. The summed E-state index contributed by atoms with van der Waals surface area (Å²) in [6.45, 7) is 5.54. The van der Waals surface area contributed by atoms with Crippen LogP contribution in [0.1, 0.15) is 51.2 Å². The molecule has 0 bridgehead atoms. The Morgan fingerprint density at radius 2 is 1.80 bits per heavy atom. The topological polar surface area (TPSA) is 165 Å². The van der Waals surface area contributed by atoms with Crippen molar-refractivity contribution >= 4 is 34.9 Å². The Morgan fingerprint density at radius 1 is 1.09 bits per heavy atom. The van der Waals surface area contributed by atoms with Gasteiger partial charge in [0.25, 0.3) is 0 Å². The minimum Gasteiger partial charge on any atom is -0.497 e. The van der Waals surface area contributed by atoms with Gasteiger partial charge in [-0.15, -0.1) is 5.10 Å². The van der Waals surface area contributed by atoms with Gasteiger partial charge in [0.1, 0.15) is 29.0 Å². The van der Waals surface area contributed by atoms with Crippen LogP contribution in [0.3, 0.4) is 0 Å². The molecule has 3 atom stereocenters. The lowest BCUT2D eigenvalue weighted by molar-refractivity contribution is -0.141. The number of nitrogens with zero attached hydrogens (tertiary/aromatic N) is 4. The zero-order chi connectivity index (χ0) is 32.0. The highest BCUT2D eigenvalue weighted by Gasteiger charge is 2.42. The maximum absolute atomic E-state index is 13.9. The minimum absolute atomic E-state index is 0.0549. The van der Waals surface area contributed by atoms with Gasteiger partial charge in [-0.1, -0.05) is 23.4 Å². The van der Waals surface area contributed by atoms with Crippen LogP contribution in [-0.2, 0) is 39.1 Å². The van der Waals surface area contributed by atoms with Gasteiger partial charge in [0.15, 0.2) is 0 Å². The summed E-state index contributed by atoms with van der Waals surface area (Å²) >= 11 is 0. The fourth-order valence-corrected chi connectivity index (χ4v) is 5.34. The first-order valence-electron chi connectivity index (χ1n) is 14.5. The van der Waals surface area contributed by atoms with E-state index in [0.717, 1.165) is 22.4 Å². The fourth-order valence-electron chi connectivity index (χ4n) is 5.34. The van der Waals surface area contributed by atoms with Gasteiger partial charge in [-0.25, -0.2) is 9.48 Å². The van der Waals surface area contributed by atoms with E-state index in [1.807, 2.05) is 42.5 Å². The molecule has 1 unspecified atom stereocenters. The predicted octanol–water partition coefficient (Wildman–Crippen LogP) is 2.81. The number of aromatic nitrogens is 3. The van der Waals surface area contributed by atoms with E-state index >= 15 is 0 Å². The molecule has 3 amide bonds. The molecule has 13 heteroatoms. The van der Waals surface area contributed by atoms with Crippen molar-refractivity contribution in [2.75, 3.05) is 13.7 Å². The lowest BCUT2D eigenvalue weighted by Gasteiger charge is -2.29. The molecule has 1 aliphatic rings. The van der Waals surface area contributed by atoms with Crippen LogP contribution in [0.2, 0.25) is 0 Å². The number of hydrogen-bond donors (Lipinski definition) is 3. The number of carbonyl (C=O) groups is 4. The van der Waals surface area contributed by atoms with Crippen LogP contribution in [0.15, 0.2) is 42.5 Å². The second-order valence-corrected chi connectivity index (χ2v) is 12.0. The van der Waals surface area contributed by atoms with Crippen molar-refractivity contribution < 1.29 is 33.8 Å². The quantitative estimate of drug-likeness (QED) is 0.297. The number of benzene rings is 2. The van der Waals surface area contributed by atoms with Crippen molar-refractivity contribution in [3.05, 3.63) is 53.6 Å². The van der Waals surface area contributed by atoms with Crippen molar-refractivity contribution in [2.24, 2.45) is 13.0 Å². The number of carboxylic acid groups (broad SMARTS) is 1. The molecule has 2 aromatic carbocycles. The summed E-state index contributed by atoms with van der Waals surface area (Å²) in [6.07, 6.45) is -0.336. The number of likely N-dealkylation sites (tertiary alicyclic amines) is 1. The van der Waals surface area contributed by atoms with E-state index in [0.29, 0.717) is 18.4 Å². The van der Waals surface area contributed by atoms with Gasteiger partial charge in [0.2, 0.25) is 11.8 Å². The van der Waals surface area contributed by atoms with Gasteiger partial charge < -0.3 is 30.1 Å². The molecule has 1 saturated heterocycles. The summed E-state index contributed by atoms with van der Waals surface area (Å²) in [5.74, 6) is -1.31. The molecule has 2 heterocycles. The normalized spacial score (nSPS) is 17.2. The standard InChI is InChI=1S/C31H40N6O7/c1-31(2,3)44-30(42)33-23(11-13-27(38)39)29(41)37-18-21(14-19-6-9-22(43-5)10-7-19)16-26(37)28(40)32-17-20-8-12-25-24(15-20)34-35-36(25)4/h6-10,12,15,21,23,26H,11,13-14,16-18H2,1-5H3,(H,32,40)(H,33,42)(H,38,39)/t21-,23?,26+/m1/s1. The largest absolute Gasteiger partial charge is 0.497 e. The average Bonchev–Trinajstić information content (AvgIpc) is 3.56.